The minimum atomic E-state index is -0.455. The van der Waals surface area contributed by atoms with Gasteiger partial charge in [0.15, 0.2) is 0 Å². The molecule has 1 amide bonds. The number of amides is 1. The third-order valence-electron chi connectivity index (χ3n) is 4.35. The van der Waals surface area contributed by atoms with Gasteiger partial charge in [-0.05, 0) is 36.6 Å². The number of nitriles is 1. The predicted molar refractivity (Wildman–Crippen MR) is 93.0 cm³/mol. The minimum absolute atomic E-state index is 0.188. The number of halogens is 2. The molecule has 0 saturated carbocycles. The molecule has 1 saturated heterocycles. The van der Waals surface area contributed by atoms with Crippen molar-refractivity contribution in [3.05, 3.63) is 69.9 Å². The van der Waals surface area contributed by atoms with Gasteiger partial charge < -0.3 is 4.90 Å². The van der Waals surface area contributed by atoms with Crippen LogP contribution in [0.15, 0.2) is 53.0 Å². The molecule has 2 aromatic rings. The highest BCUT2D eigenvalue weighted by Gasteiger charge is 2.36. The highest BCUT2D eigenvalue weighted by atomic mass is 79.9. The highest BCUT2D eigenvalue weighted by molar-refractivity contribution is 9.10. The summed E-state index contributed by atoms with van der Waals surface area (Å²) in [5.41, 5.74) is 1.21. The summed E-state index contributed by atoms with van der Waals surface area (Å²) in [5, 5.41) is 9.64. The molecular formula is C19H16BrFN2O. The Hall–Kier alpha value is -2.19. The summed E-state index contributed by atoms with van der Waals surface area (Å²) in [6, 6.07) is 15.8. The first-order valence-corrected chi connectivity index (χ1v) is 8.61. The Kier molecular flexibility index (Phi) is 4.96. The first-order valence-electron chi connectivity index (χ1n) is 7.82. The molecule has 3 rings (SSSR count). The fourth-order valence-corrected chi connectivity index (χ4v) is 3.74. The lowest BCUT2D eigenvalue weighted by Crippen LogP contribution is -2.39. The lowest BCUT2D eigenvalue weighted by atomic mass is 9.91. The topological polar surface area (TPSA) is 44.1 Å². The Morgan fingerprint density at radius 2 is 2.04 bits per heavy atom. The number of carbonyl (C=O) groups is 1. The maximum absolute atomic E-state index is 13.6. The van der Waals surface area contributed by atoms with Crippen LogP contribution < -0.4 is 0 Å². The molecule has 0 radical (unpaired) electrons. The van der Waals surface area contributed by atoms with Gasteiger partial charge in [-0.25, -0.2) is 4.39 Å². The fourth-order valence-electron chi connectivity index (χ4n) is 3.28. The van der Waals surface area contributed by atoms with Crippen LogP contribution in [0, 0.1) is 17.1 Å². The summed E-state index contributed by atoms with van der Waals surface area (Å²) >= 11 is 3.22. The van der Waals surface area contributed by atoms with Crippen LogP contribution in [0.4, 0.5) is 4.39 Å². The molecule has 122 valence electrons. The van der Waals surface area contributed by atoms with Crippen molar-refractivity contribution in [3.8, 4) is 6.07 Å². The second-order valence-corrected chi connectivity index (χ2v) is 6.80. The van der Waals surface area contributed by atoms with Crippen molar-refractivity contribution in [2.45, 2.75) is 24.8 Å². The Morgan fingerprint density at radius 3 is 2.71 bits per heavy atom. The molecule has 1 aliphatic heterocycles. The zero-order valence-electron chi connectivity index (χ0n) is 13.0. The van der Waals surface area contributed by atoms with Gasteiger partial charge in [0.2, 0.25) is 0 Å². The SMILES string of the molecule is N#C[C@@H](c1ccccc1)[C@H]1CCCN1C(=O)c1cc(F)cc(Br)c1. The van der Waals surface area contributed by atoms with Crippen molar-refractivity contribution in [1.29, 1.82) is 5.26 Å². The summed E-state index contributed by atoms with van der Waals surface area (Å²) in [7, 11) is 0. The molecule has 0 unspecified atom stereocenters. The molecule has 1 aliphatic rings. The van der Waals surface area contributed by atoms with Crippen molar-refractivity contribution >= 4 is 21.8 Å². The summed E-state index contributed by atoms with van der Waals surface area (Å²) < 4.78 is 14.1. The number of likely N-dealkylation sites (tertiary alicyclic amines) is 1. The van der Waals surface area contributed by atoms with Crippen molar-refractivity contribution in [3.63, 3.8) is 0 Å². The zero-order chi connectivity index (χ0) is 17.1. The standard InChI is InChI=1S/C19H16BrFN2O/c20-15-9-14(10-16(21)11-15)19(24)23-8-4-7-18(23)17(12-22)13-5-2-1-3-6-13/h1-3,5-6,9-11,17-18H,4,7-8H2/t17-,18+/m0/s1. The van der Waals surface area contributed by atoms with Crippen molar-refractivity contribution < 1.29 is 9.18 Å². The molecule has 0 N–H and O–H groups in total. The summed E-state index contributed by atoms with van der Waals surface area (Å²) in [6.45, 7) is 0.586. The molecule has 1 fully saturated rings. The number of carbonyl (C=O) groups excluding carboxylic acids is 1. The average Bonchev–Trinajstić information content (AvgIpc) is 3.04. The number of benzene rings is 2. The Bertz CT molecular complexity index is 767. The highest BCUT2D eigenvalue weighted by Crippen LogP contribution is 2.32. The predicted octanol–water partition coefficient (Wildman–Crippen LogP) is 4.50. The monoisotopic (exact) mass is 386 g/mol. The van der Waals surface area contributed by atoms with E-state index in [-0.39, 0.29) is 17.9 Å². The zero-order valence-corrected chi connectivity index (χ0v) is 14.5. The van der Waals surface area contributed by atoms with Gasteiger partial charge in [-0.1, -0.05) is 46.3 Å². The second kappa shape index (κ2) is 7.14. The number of rotatable bonds is 3. The van der Waals surface area contributed by atoms with E-state index in [0.29, 0.717) is 16.6 Å². The van der Waals surface area contributed by atoms with Gasteiger partial charge >= 0.3 is 0 Å². The van der Waals surface area contributed by atoms with E-state index in [2.05, 4.69) is 22.0 Å². The lowest BCUT2D eigenvalue weighted by Gasteiger charge is -2.28. The molecule has 2 aromatic carbocycles. The second-order valence-electron chi connectivity index (χ2n) is 5.88. The van der Waals surface area contributed by atoms with E-state index in [1.165, 1.54) is 12.1 Å². The molecule has 1 heterocycles. The minimum Gasteiger partial charge on any atom is -0.334 e. The van der Waals surface area contributed by atoms with Crippen LogP contribution in [0.25, 0.3) is 0 Å². The number of hydrogen-bond acceptors (Lipinski definition) is 2. The molecule has 24 heavy (non-hydrogen) atoms. The van der Waals surface area contributed by atoms with Gasteiger partial charge in [0.1, 0.15) is 5.82 Å². The van der Waals surface area contributed by atoms with E-state index >= 15 is 0 Å². The first-order chi connectivity index (χ1) is 11.6. The van der Waals surface area contributed by atoms with E-state index in [4.69, 9.17) is 0 Å². The molecule has 3 nitrogen and oxygen atoms in total. The maximum Gasteiger partial charge on any atom is 0.254 e. The van der Waals surface area contributed by atoms with Gasteiger partial charge in [-0.15, -0.1) is 0 Å². The van der Waals surface area contributed by atoms with Crippen molar-refractivity contribution in [2.24, 2.45) is 0 Å². The quantitative estimate of drug-likeness (QED) is 0.779. The smallest absolute Gasteiger partial charge is 0.254 e. The first kappa shape index (κ1) is 16.7. The molecule has 0 spiro atoms. The molecule has 0 aliphatic carbocycles. The van der Waals surface area contributed by atoms with Crippen LogP contribution in [-0.2, 0) is 0 Å². The number of hydrogen-bond donors (Lipinski definition) is 0. The van der Waals surface area contributed by atoms with Crippen LogP contribution in [0.1, 0.15) is 34.7 Å². The van der Waals surface area contributed by atoms with Crippen molar-refractivity contribution in [2.75, 3.05) is 6.54 Å². The van der Waals surface area contributed by atoms with E-state index in [0.717, 1.165) is 18.4 Å². The van der Waals surface area contributed by atoms with E-state index in [1.807, 2.05) is 30.3 Å². The van der Waals surface area contributed by atoms with E-state index in [9.17, 15) is 14.4 Å². The van der Waals surface area contributed by atoms with Crippen LogP contribution in [0.5, 0.6) is 0 Å². The van der Waals surface area contributed by atoms with E-state index in [1.54, 1.807) is 11.0 Å². The average molecular weight is 387 g/mol. The van der Waals surface area contributed by atoms with Gasteiger partial charge in [0.25, 0.3) is 5.91 Å². The largest absolute Gasteiger partial charge is 0.334 e. The normalized spacial score (nSPS) is 18.2. The fraction of sp³-hybridized carbons (Fsp3) is 0.263. The Labute approximate surface area is 148 Å². The van der Waals surface area contributed by atoms with Gasteiger partial charge in [-0.2, -0.15) is 5.26 Å². The molecule has 5 heteroatoms. The molecule has 0 bridgehead atoms. The third kappa shape index (κ3) is 3.34. The Balaban J connectivity index is 1.90. The van der Waals surface area contributed by atoms with Crippen LogP contribution >= 0.6 is 15.9 Å². The molecule has 0 aromatic heterocycles. The summed E-state index contributed by atoms with van der Waals surface area (Å²) in [4.78, 5) is 14.6. The van der Waals surface area contributed by atoms with Gasteiger partial charge in [0.05, 0.1) is 18.0 Å². The van der Waals surface area contributed by atoms with Gasteiger partial charge in [-0.3, -0.25) is 4.79 Å². The molecule has 2 atom stereocenters. The number of nitrogens with zero attached hydrogens (tertiary/aromatic N) is 2. The molecular weight excluding hydrogens is 371 g/mol. The van der Waals surface area contributed by atoms with Crippen LogP contribution in [0.3, 0.4) is 0 Å². The van der Waals surface area contributed by atoms with Gasteiger partial charge in [0, 0.05) is 16.6 Å². The lowest BCUT2D eigenvalue weighted by molar-refractivity contribution is 0.0727. The Morgan fingerprint density at radius 1 is 1.29 bits per heavy atom. The summed E-state index contributed by atoms with van der Waals surface area (Å²) in [5.74, 6) is -1.06. The van der Waals surface area contributed by atoms with Crippen molar-refractivity contribution in [1.82, 2.24) is 4.90 Å². The third-order valence-corrected chi connectivity index (χ3v) is 4.81. The summed E-state index contributed by atoms with van der Waals surface area (Å²) in [6.07, 6.45) is 1.62. The van der Waals surface area contributed by atoms with E-state index < -0.39 is 5.82 Å². The van der Waals surface area contributed by atoms with Crippen LogP contribution in [0.2, 0.25) is 0 Å². The maximum atomic E-state index is 13.6. The van der Waals surface area contributed by atoms with Crippen LogP contribution in [-0.4, -0.2) is 23.4 Å².